The maximum atomic E-state index is 13.1. The third-order valence-corrected chi connectivity index (χ3v) is 5.20. The zero-order valence-corrected chi connectivity index (χ0v) is 17.3. The van der Waals surface area contributed by atoms with Gasteiger partial charge in [-0.15, -0.1) is 0 Å². The first kappa shape index (κ1) is 20.3. The molecule has 1 aromatic carbocycles. The lowest BCUT2D eigenvalue weighted by Crippen LogP contribution is -2.48. The molecule has 150 valence electrons. The van der Waals surface area contributed by atoms with Crippen molar-refractivity contribution in [3.63, 3.8) is 0 Å². The second-order valence-corrected chi connectivity index (χ2v) is 8.07. The van der Waals surface area contributed by atoms with Crippen molar-refractivity contribution in [2.75, 3.05) is 38.0 Å². The first-order valence-electron chi connectivity index (χ1n) is 10.3. The molecule has 0 unspecified atom stereocenters. The fraction of sp³-hybridized carbons (Fsp3) is 0.478. The van der Waals surface area contributed by atoms with Crippen molar-refractivity contribution in [3.8, 4) is 0 Å². The van der Waals surface area contributed by atoms with Crippen LogP contribution in [0.2, 0.25) is 0 Å². The minimum absolute atomic E-state index is 0.0790. The Morgan fingerprint density at radius 1 is 1.14 bits per heavy atom. The summed E-state index contributed by atoms with van der Waals surface area (Å²) in [5.41, 5.74) is 3.31. The van der Waals surface area contributed by atoms with Crippen LogP contribution in [0.5, 0.6) is 0 Å². The van der Waals surface area contributed by atoms with Crippen LogP contribution in [-0.2, 0) is 6.54 Å². The number of aryl methyl sites for hydroxylation is 1. The molecule has 2 aromatic rings. The van der Waals surface area contributed by atoms with Gasteiger partial charge in [0.25, 0.3) is 5.91 Å². The van der Waals surface area contributed by atoms with Crippen LogP contribution < -0.4 is 5.32 Å². The van der Waals surface area contributed by atoms with Gasteiger partial charge in [0.2, 0.25) is 0 Å². The summed E-state index contributed by atoms with van der Waals surface area (Å²) in [7, 11) is 0. The molecule has 1 aliphatic heterocycles. The van der Waals surface area contributed by atoms with E-state index in [-0.39, 0.29) is 5.91 Å². The number of piperazine rings is 1. The highest BCUT2D eigenvalue weighted by Crippen LogP contribution is 2.17. The highest BCUT2D eigenvalue weighted by atomic mass is 16.2. The van der Waals surface area contributed by atoms with Crippen LogP contribution in [0.15, 0.2) is 42.6 Å². The maximum absolute atomic E-state index is 13.1. The van der Waals surface area contributed by atoms with E-state index in [4.69, 9.17) is 0 Å². The lowest BCUT2D eigenvalue weighted by atomic mass is 10.1. The molecule has 3 rings (SSSR count). The van der Waals surface area contributed by atoms with Gasteiger partial charge in [-0.05, 0) is 37.0 Å². The number of nitrogens with one attached hydrogen (secondary N) is 1. The molecular weight excluding hydrogens is 348 g/mol. The van der Waals surface area contributed by atoms with Crippen molar-refractivity contribution in [2.24, 2.45) is 5.92 Å². The van der Waals surface area contributed by atoms with Gasteiger partial charge in [-0.25, -0.2) is 4.98 Å². The van der Waals surface area contributed by atoms with Crippen LogP contribution in [0.25, 0.3) is 0 Å². The van der Waals surface area contributed by atoms with E-state index in [1.54, 1.807) is 6.20 Å². The Morgan fingerprint density at radius 2 is 1.93 bits per heavy atom. The molecule has 5 heteroatoms. The number of amides is 1. The van der Waals surface area contributed by atoms with Crippen LogP contribution in [0.3, 0.4) is 0 Å². The number of hydrogen-bond donors (Lipinski definition) is 1. The van der Waals surface area contributed by atoms with Gasteiger partial charge in [0, 0.05) is 45.5 Å². The number of anilines is 1. The molecular formula is C23H32N4O. The summed E-state index contributed by atoms with van der Waals surface area (Å²) in [6.45, 7) is 11.6. The molecule has 1 amide bonds. The second-order valence-electron chi connectivity index (χ2n) is 8.07. The summed E-state index contributed by atoms with van der Waals surface area (Å²) in [6, 6.07) is 12.4. The van der Waals surface area contributed by atoms with Gasteiger partial charge in [0.15, 0.2) is 0 Å². The lowest BCUT2D eigenvalue weighted by Gasteiger charge is -2.35. The van der Waals surface area contributed by atoms with Gasteiger partial charge in [-0.2, -0.15) is 0 Å². The van der Waals surface area contributed by atoms with Crippen molar-refractivity contribution in [1.82, 2.24) is 14.8 Å². The van der Waals surface area contributed by atoms with Crippen LogP contribution in [0, 0.1) is 12.8 Å². The summed E-state index contributed by atoms with van der Waals surface area (Å²) in [6.07, 6.45) is 2.80. The predicted molar refractivity (Wildman–Crippen MR) is 115 cm³/mol. The summed E-state index contributed by atoms with van der Waals surface area (Å²) in [5, 5.41) is 3.34. The fourth-order valence-corrected chi connectivity index (χ4v) is 3.55. The first-order chi connectivity index (χ1) is 13.5. The molecule has 28 heavy (non-hydrogen) atoms. The van der Waals surface area contributed by atoms with Crippen LogP contribution in [-0.4, -0.2) is 53.4 Å². The van der Waals surface area contributed by atoms with Crippen LogP contribution in [0.4, 0.5) is 5.82 Å². The number of benzene rings is 1. The number of carbonyl (C=O) groups excluding carboxylic acids is 1. The van der Waals surface area contributed by atoms with Crippen molar-refractivity contribution in [2.45, 2.75) is 33.7 Å². The predicted octanol–water partition coefficient (Wildman–Crippen LogP) is 3.81. The number of aromatic nitrogens is 1. The van der Waals surface area contributed by atoms with E-state index >= 15 is 0 Å². The molecule has 0 spiro atoms. The topological polar surface area (TPSA) is 48.5 Å². The molecule has 2 heterocycles. The standard InChI is InChI=1S/C23H32N4O/c1-18(2)9-11-25-22-21(8-5-10-24-22)23(28)27-14-12-26(13-15-27)17-20-7-4-6-19(3)16-20/h4-8,10,16,18H,9,11-15,17H2,1-3H3,(H,24,25). The quantitative estimate of drug-likeness (QED) is 0.794. The van der Waals surface area contributed by atoms with E-state index < -0.39 is 0 Å². The van der Waals surface area contributed by atoms with E-state index in [0.29, 0.717) is 17.3 Å². The van der Waals surface area contributed by atoms with Crippen molar-refractivity contribution < 1.29 is 4.79 Å². The zero-order chi connectivity index (χ0) is 19.9. The van der Waals surface area contributed by atoms with Crippen LogP contribution in [0.1, 0.15) is 41.8 Å². The average molecular weight is 381 g/mol. The number of rotatable bonds is 7. The molecule has 1 aliphatic rings. The van der Waals surface area contributed by atoms with Crippen molar-refractivity contribution in [3.05, 3.63) is 59.3 Å². The van der Waals surface area contributed by atoms with E-state index in [9.17, 15) is 4.79 Å². The van der Waals surface area contributed by atoms with Crippen LogP contribution >= 0.6 is 0 Å². The maximum Gasteiger partial charge on any atom is 0.257 e. The highest BCUT2D eigenvalue weighted by Gasteiger charge is 2.24. The third-order valence-electron chi connectivity index (χ3n) is 5.20. The Balaban J connectivity index is 1.56. The highest BCUT2D eigenvalue weighted by molar-refractivity contribution is 5.98. The normalized spacial score (nSPS) is 15.1. The molecule has 1 saturated heterocycles. The summed E-state index contributed by atoms with van der Waals surface area (Å²) in [5.74, 6) is 1.41. The summed E-state index contributed by atoms with van der Waals surface area (Å²) < 4.78 is 0. The number of pyridine rings is 1. The number of carbonyl (C=O) groups is 1. The minimum atomic E-state index is 0.0790. The van der Waals surface area contributed by atoms with Crippen molar-refractivity contribution >= 4 is 11.7 Å². The molecule has 1 aromatic heterocycles. The molecule has 0 radical (unpaired) electrons. The molecule has 0 aliphatic carbocycles. The first-order valence-corrected chi connectivity index (χ1v) is 10.3. The van der Waals surface area contributed by atoms with Gasteiger partial charge in [-0.1, -0.05) is 43.7 Å². The lowest BCUT2D eigenvalue weighted by molar-refractivity contribution is 0.0629. The Bertz CT molecular complexity index is 782. The summed E-state index contributed by atoms with van der Waals surface area (Å²) >= 11 is 0. The Kier molecular flexibility index (Phi) is 7.04. The smallest absolute Gasteiger partial charge is 0.257 e. The Labute approximate surface area is 168 Å². The van der Waals surface area contributed by atoms with Gasteiger partial charge >= 0.3 is 0 Å². The average Bonchev–Trinajstić information content (AvgIpc) is 2.68. The Morgan fingerprint density at radius 3 is 2.64 bits per heavy atom. The van der Waals surface area contributed by atoms with E-state index in [2.05, 4.69) is 60.2 Å². The van der Waals surface area contributed by atoms with Gasteiger partial charge in [0.05, 0.1) is 5.56 Å². The molecule has 0 saturated carbocycles. The molecule has 1 N–H and O–H groups in total. The van der Waals surface area contributed by atoms with Crippen molar-refractivity contribution in [1.29, 1.82) is 0 Å². The zero-order valence-electron chi connectivity index (χ0n) is 17.3. The minimum Gasteiger partial charge on any atom is -0.369 e. The van der Waals surface area contributed by atoms with Gasteiger partial charge in [-0.3, -0.25) is 9.69 Å². The molecule has 5 nitrogen and oxygen atoms in total. The second kappa shape index (κ2) is 9.69. The van der Waals surface area contributed by atoms with E-state index in [0.717, 1.165) is 45.7 Å². The molecule has 0 bridgehead atoms. The fourth-order valence-electron chi connectivity index (χ4n) is 3.55. The number of nitrogens with zero attached hydrogens (tertiary/aromatic N) is 3. The Hall–Kier alpha value is -2.40. The van der Waals surface area contributed by atoms with Gasteiger partial charge in [0.1, 0.15) is 5.82 Å². The summed E-state index contributed by atoms with van der Waals surface area (Å²) in [4.78, 5) is 21.8. The third kappa shape index (κ3) is 5.55. The monoisotopic (exact) mass is 380 g/mol. The largest absolute Gasteiger partial charge is 0.369 e. The SMILES string of the molecule is Cc1cccc(CN2CCN(C(=O)c3cccnc3NCCC(C)C)CC2)c1. The molecule has 0 atom stereocenters. The van der Waals surface area contributed by atoms with E-state index in [1.165, 1.54) is 11.1 Å². The molecule has 1 fully saturated rings. The van der Waals surface area contributed by atoms with Gasteiger partial charge < -0.3 is 10.2 Å². The van der Waals surface area contributed by atoms with E-state index in [1.807, 2.05) is 17.0 Å². The number of hydrogen-bond acceptors (Lipinski definition) is 4.